The third-order valence-electron chi connectivity index (χ3n) is 5.06. The lowest BCUT2D eigenvalue weighted by molar-refractivity contribution is -0.114. The van der Waals surface area contributed by atoms with E-state index in [4.69, 9.17) is 4.74 Å². The smallest absolute Gasteiger partial charge is 0.251 e. The predicted molar refractivity (Wildman–Crippen MR) is 116 cm³/mol. The fourth-order valence-electron chi connectivity index (χ4n) is 3.60. The zero-order chi connectivity index (χ0) is 20.8. The molecule has 6 heteroatoms. The summed E-state index contributed by atoms with van der Waals surface area (Å²) in [5.41, 5.74) is 5.51. The Labute approximate surface area is 172 Å². The topological polar surface area (TPSA) is 79.5 Å². The molecule has 3 rings (SSSR count). The lowest BCUT2D eigenvalue weighted by Crippen LogP contribution is -2.31. The maximum Gasteiger partial charge on any atom is 0.251 e. The lowest BCUT2D eigenvalue weighted by atomic mass is 10.1. The van der Waals surface area contributed by atoms with Crippen LogP contribution >= 0.6 is 0 Å². The van der Waals surface area contributed by atoms with Crippen LogP contribution in [0.4, 0.5) is 11.4 Å². The molecule has 6 nitrogen and oxygen atoms in total. The van der Waals surface area contributed by atoms with E-state index in [0.29, 0.717) is 12.1 Å². The number of aryl methyl sites for hydroxylation is 3. The maximum absolute atomic E-state index is 12.3. The van der Waals surface area contributed by atoms with Crippen LogP contribution in [0.3, 0.4) is 0 Å². The van der Waals surface area contributed by atoms with Gasteiger partial charge in [0.05, 0.1) is 12.6 Å². The minimum atomic E-state index is -0.116. The largest absolute Gasteiger partial charge is 0.376 e. The van der Waals surface area contributed by atoms with E-state index >= 15 is 0 Å². The van der Waals surface area contributed by atoms with Crippen LogP contribution in [-0.2, 0) is 9.53 Å². The molecule has 1 heterocycles. The summed E-state index contributed by atoms with van der Waals surface area (Å²) in [6.07, 6.45) is 2.17. The molecule has 1 aliphatic heterocycles. The summed E-state index contributed by atoms with van der Waals surface area (Å²) in [4.78, 5) is 24.5. The fourth-order valence-corrected chi connectivity index (χ4v) is 3.60. The van der Waals surface area contributed by atoms with E-state index < -0.39 is 0 Å². The van der Waals surface area contributed by atoms with Crippen molar-refractivity contribution in [2.75, 3.05) is 30.3 Å². The molecule has 3 N–H and O–H groups in total. The van der Waals surface area contributed by atoms with Gasteiger partial charge in [0.15, 0.2) is 0 Å². The third kappa shape index (κ3) is 5.81. The van der Waals surface area contributed by atoms with Crippen molar-refractivity contribution in [2.24, 2.45) is 0 Å². The second-order valence-electron chi connectivity index (χ2n) is 7.60. The SMILES string of the molecule is Cc1cc(C)c(NC(=O)CNc2ccc(C(=O)NCC3CCCO3)cc2)c(C)c1. The van der Waals surface area contributed by atoms with E-state index in [-0.39, 0.29) is 24.5 Å². The molecular weight excluding hydrogens is 366 g/mol. The lowest BCUT2D eigenvalue weighted by Gasteiger charge is -2.14. The van der Waals surface area contributed by atoms with Crippen molar-refractivity contribution in [1.29, 1.82) is 0 Å². The molecule has 1 saturated heterocycles. The Morgan fingerprint density at radius 3 is 2.38 bits per heavy atom. The van der Waals surface area contributed by atoms with Crippen LogP contribution in [0.15, 0.2) is 36.4 Å². The summed E-state index contributed by atoms with van der Waals surface area (Å²) in [5.74, 6) is -0.228. The maximum atomic E-state index is 12.3. The van der Waals surface area contributed by atoms with Crippen LogP contribution in [0.2, 0.25) is 0 Å². The Morgan fingerprint density at radius 2 is 1.76 bits per heavy atom. The molecule has 0 radical (unpaired) electrons. The molecule has 0 saturated carbocycles. The van der Waals surface area contributed by atoms with E-state index in [0.717, 1.165) is 42.0 Å². The van der Waals surface area contributed by atoms with E-state index in [9.17, 15) is 9.59 Å². The second kappa shape index (κ2) is 9.56. The van der Waals surface area contributed by atoms with Crippen LogP contribution in [-0.4, -0.2) is 37.6 Å². The number of nitrogens with one attached hydrogen (secondary N) is 3. The molecule has 1 unspecified atom stereocenters. The predicted octanol–water partition coefficient (Wildman–Crippen LogP) is 3.57. The molecule has 0 spiro atoms. The second-order valence-corrected chi connectivity index (χ2v) is 7.60. The van der Waals surface area contributed by atoms with Gasteiger partial charge >= 0.3 is 0 Å². The van der Waals surface area contributed by atoms with Crippen molar-refractivity contribution in [2.45, 2.75) is 39.7 Å². The van der Waals surface area contributed by atoms with Crippen molar-refractivity contribution in [3.63, 3.8) is 0 Å². The van der Waals surface area contributed by atoms with Crippen molar-refractivity contribution in [1.82, 2.24) is 5.32 Å². The van der Waals surface area contributed by atoms with E-state index in [2.05, 4.69) is 28.1 Å². The number of benzene rings is 2. The number of hydrogen-bond donors (Lipinski definition) is 3. The number of amides is 2. The quantitative estimate of drug-likeness (QED) is 0.670. The average Bonchev–Trinajstić information content (AvgIpc) is 3.21. The van der Waals surface area contributed by atoms with Gasteiger partial charge in [0.25, 0.3) is 5.91 Å². The fraction of sp³-hybridized carbons (Fsp3) is 0.391. The van der Waals surface area contributed by atoms with Gasteiger partial charge in [-0.1, -0.05) is 17.7 Å². The van der Waals surface area contributed by atoms with Gasteiger partial charge in [0, 0.05) is 30.1 Å². The first-order chi connectivity index (χ1) is 13.9. The number of carbonyl (C=O) groups excluding carboxylic acids is 2. The summed E-state index contributed by atoms with van der Waals surface area (Å²) in [6, 6.07) is 11.2. The first-order valence-corrected chi connectivity index (χ1v) is 10.0. The highest BCUT2D eigenvalue weighted by atomic mass is 16.5. The van der Waals surface area contributed by atoms with E-state index in [1.165, 1.54) is 5.56 Å². The van der Waals surface area contributed by atoms with Crippen LogP contribution in [0, 0.1) is 20.8 Å². The first kappa shape index (κ1) is 20.9. The molecule has 0 aliphatic carbocycles. The molecule has 0 aromatic heterocycles. The number of rotatable bonds is 7. The van der Waals surface area contributed by atoms with Gasteiger partial charge in [0.2, 0.25) is 5.91 Å². The summed E-state index contributed by atoms with van der Waals surface area (Å²) in [7, 11) is 0. The van der Waals surface area contributed by atoms with Crippen LogP contribution in [0.25, 0.3) is 0 Å². The van der Waals surface area contributed by atoms with Crippen molar-refractivity contribution in [3.05, 3.63) is 58.7 Å². The first-order valence-electron chi connectivity index (χ1n) is 10.0. The van der Waals surface area contributed by atoms with Gasteiger partial charge in [-0.05, 0) is 69.0 Å². The van der Waals surface area contributed by atoms with Crippen LogP contribution in [0.5, 0.6) is 0 Å². The van der Waals surface area contributed by atoms with Gasteiger partial charge in [-0.3, -0.25) is 9.59 Å². The highest BCUT2D eigenvalue weighted by molar-refractivity contribution is 5.96. The van der Waals surface area contributed by atoms with Gasteiger partial charge in [-0.25, -0.2) is 0 Å². The summed E-state index contributed by atoms with van der Waals surface area (Å²) < 4.78 is 5.51. The average molecular weight is 396 g/mol. The number of anilines is 2. The number of carbonyl (C=O) groups is 2. The molecule has 2 amide bonds. The molecule has 2 aromatic carbocycles. The van der Waals surface area contributed by atoms with Crippen LogP contribution in [0.1, 0.15) is 39.9 Å². The van der Waals surface area contributed by atoms with Gasteiger partial charge < -0.3 is 20.7 Å². The summed E-state index contributed by atoms with van der Waals surface area (Å²) in [6.45, 7) is 7.49. The van der Waals surface area contributed by atoms with E-state index in [1.54, 1.807) is 24.3 Å². The number of hydrogen-bond acceptors (Lipinski definition) is 4. The Balaban J connectivity index is 1.48. The molecule has 2 aromatic rings. The Morgan fingerprint density at radius 1 is 1.07 bits per heavy atom. The van der Waals surface area contributed by atoms with Crippen LogP contribution < -0.4 is 16.0 Å². The standard InChI is InChI=1S/C23H29N3O3/c1-15-11-16(2)22(17(3)12-15)26-21(27)14-24-19-8-6-18(7-9-19)23(28)25-13-20-5-4-10-29-20/h6-9,11-12,20,24H,4-5,10,13-14H2,1-3H3,(H,25,28)(H,26,27). The molecular formula is C23H29N3O3. The van der Waals surface area contributed by atoms with Crippen molar-refractivity contribution < 1.29 is 14.3 Å². The monoisotopic (exact) mass is 395 g/mol. The zero-order valence-electron chi connectivity index (χ0n) is 17.3. The third-order valence-corrected chi connectivity index (χ3v) is 5.06. The Kier molecular flexibility index (Phi) is 6.88. The highest BCUT2D eigenvalue weighted by Gasteiger charge is 2.16. The molecule has 1 atom stereocenters. The molecule has 29 heavy (non-hydrogen) atoms. The molecule has 0 bridgehead atoms. The van der Waals surface area contributed by atoms with Crippen molar-refractivity contribution in [3.8, 4) is 0 Å². The molecule has 1 aliphatic rings. The zero-order valence-corrected chi connectivity index (χ0v) is 17.3. The molecule has 1 fully saturated rings. The minimum absolute atomic E-state index is 0.113. The van der Waals surface area contributed by atoms with Gasteiger partial charge in [-0.2, -0.15) is 0 Å². The number of ether oxygens (including phenoxy) is 1. The van der Waals surface area contributed by atoms with Gasteiger partial charge in [-0.15, -0.1) is 0 Å². The van der Waals surface area contributed by atoms with E-state index in [1.807, 2.05) is 20.8 Å². The van der Waals surface area contributed by atoms with Gasteiger partial charge in [0.1, 0.15) is 0 Å². The van der Waals surface area contributed by atoms with Crippen molar-refractivity contribution >= 4 is 23.2 Å². The summed E-state index contributed by atoms with van der Waals surface area (Å²) in [5, 5.41) is 8.97. The Hall–Kier alpha value is -2.86. The minimum Gasteiger partial charge on any atom is -0.376 e. The highest BCUT2D eigenvalue weighted by Crippen LogP contribution is 2.21. The Bertz CT molecular complexity index is 848. The molecule has 154 valence electrons. The normalized spacial score (nSPS) is 15.8. The summed E-state index contributed by atoms with van der Waals surface area (Å²) >= 11 is 0.